The van der Waals surface area contributed by atoms with Crippen LogP contribution in [0, 0.1) is 0 Å². The van der Waals surface area contributed by atoms with Crippen LogP contribution >= 0.6 is 0 Å². The van der Waals surface area contributed by atoms with Crippen molar-refractivity contribution < 1.29 is 9.13 Å². The van der Waals surface area contributed by atoms with E-state index in [9.17, 15) is 4.39 Å². The molecule has 0 saturated carbocycles. The van der Waals surface area contributed by atoms with Crippen molar-refractivity contribution in [2.75, 3.05) is 19.7 Å². The van der Waals surface area contributed by atoms with Gasteiger partial charge in [-0.2, -0.15) is 0 Å². The first kappa shape index (κ1) is 9.40. The molecular weight excluding hydrogens is 183 g/mol. The first-order valence-electron chi connectivity index (χ1n) is 4.71. The highest BCUT2D eigenvalue weighted by atomic mass is 19.1. The minimum Gasteiger partial charge on any atom is -0.490 e. The second-order valence-electron chi connectivity index (χ2n) is 3.55. The lowest BCUT2D eigenvalue weighted by molar-refractivity contribution is 0.103. The van der Waals surface area contributed by atoms with Crippen LogP contribution in [0.5, 0.6) is 5.75 Å². The number of ether oxygens (including phenoxy) is 1. The van der Waals surface area contributed by atoms with E-state index in [2.05, 4.69) is 10.3 Å². The van der Waals surface area contributed by atoms with Crippen LogP contribution in [0.3, 0.4) is 0 Å². The highest BCUT2D eigenvalue weighted by molar-refractivity contribution is 5.17. The third-order valence-corrected chi connectivity index (χ3v) is 2.34. The van der Waals surface area contributed by atoms with Gasteiger partial charge in [0, 0.05) is 18.9 Å². The molecule has 4 heteroatoms. The molecule has 2 heterocycles. The summed E-state index contributed by atoms with van der Waals surface area (Å²) in [5.41, 5.74) is -1.21. The fourth-order valence-electron chi connectivity index (χ4n) is 1.48. The number of hydrogen-bond acceptors (Lipinski definition) is 3. The number of halogens is 1. The van der Waals surface area contributed by atoms with E-state index in [0.29, 0.717) is 18.7 Å². The van der Waals surface area contributed by atoms with Gasteiger partial charge in [-0.25, -0.2) is 4.39 Å². The normalized spacial score (nSPS) is 26.4. The highest BCUT2D eigenvalue weighted by Crippen LogP contribution is 2.21. The Morgan fingerprint density at radius 2 is 2.29 bits per heavy atom. The first-order valence-corrected chi connectivity index (χ1v) is 4.71. The quantitative estimate of drug-likeness (QED) is 0.787. The third kappa shape index (κ3) is 2.20. The summed E-state index contributed by atoms with van der Waals surface area (Å²) in [7, 11) is 0. The number of nitrogens with zero attached hydrogens (tertiary/aromatic N) is 1. The minimum atomic E-state index is -1.21. The van der Waals surface area contributed by atoms with Crippen LogP contribution in [0.1, 0.15) is 6.42 Å². The van der Waals surface area contributed by atoms with Gasteiger partial charge in [-0.3, -0.25) is 4.98 Å². The van der Waals surface area contributed by atoms with Gasteiger partial charge in [0.05, 0.1) is 0 Å². The van der Waals surface area contributed by atoms with Gasteiger partial charge in [0.25, 0.3) is 0 Å². The molecule has 1 aliphatic heterocycles. The zero-order valence-electron chi connectivity index (χ0n) is 7.87. The summed E-state index contributed by atoms with van der Waals surface area (Å²) in [5.74, 6) is 0.670. The fraction of sp³-hybridized carbons (Fsp3) is 0.500. The number of rotatable bonds is 3. The van der Waals surface area contributed by atoms with Crippen molar-refractivity contribution in [3.63, 3.8) is 0 Å². The number of hydrogen-bond donors (Lipinski definition) is 1. The Bertz CT molecular complexity index is 285. The topological polar surface area (TPSA) is 34.1 Å². The van der Waals surface area contributed by atoms with Crippen LogP contribution in [-0.4, -0.2) is 30.3 Å². The van der Waals surface area contributed by atoms with Crippen molar-refractivity contribution in [2.24, 2.45) is 0 Å². The predicted octanol–water partition coefficient (Wildman–Crippen LogP) is 1.16. The summed E-state index contributed by atoms with van der Waals surface area (Å²) >= 11 is 0. The Kier molecular flexibility index (Phi) is 2.63. The van der Waals surface area contributed by atoms with Gasteiger partial charge >= 0.3 is 0 Å². The van der Waals surface area contributed by atoms with Crippen LogP contribution in [0.4, 0.5) is 4.39 Å². The highest BCUT2D eigenvalue weighted by Gasteiger charge is 2.34. The Balaban J connectivity index is 1.88. The zero-order chi connectivity index (χ0) is 9.86. The van der Waals surface area contributed by atoms with Gasteiger partial charge in [-0.15, -0.1) is 0 Å². The van der Waals surface area contributed by atoms with Crippen molar-refractivity contribution in [3.8, 4) is 5.75 Å². The van der Waals surface area contributed by atoms with Crippen molar-refractivity contribution >= 4 is 0 Å². The maximum absolute atomic E-state index is 13.8. The molecule has 1 fully saturated rings. The molecule has 0 spiro atoms. The number of aromatic nitrogens is 1. The fourth-order valence-corrected chi connectivity index (χ4v) is 1.48. The molecule has 2 rings (SSSR count). The standard InChI is InChI=1S/C10H13FN2O/c11-10(3-6-13-7-10)8-14-9-1-4-12-5-2-9/h1-2,4-5,13H,3,6-8H2/t10-/m1/s1. The molecule has 1 saturated heterocycles. The second kappa shape index (κ2) is 3.92. The maximum atomic E-state index is 13.8. The second-order valence-corrected chi connectivity index (χ2v) is 3.55. The molecule has 0 amide bonds. The van der Waals surface area contributed by atoms with Crippen molar-refractivity contribution in [3.05, 3.63) is 24.5 Å². The summed E-state index contributed by atoms with van der Waals surface area (Å²) < 4.78 is 19.1. The van der Waals surface area contributed by atoms with Gasteiger partial charge in [0.2, 0.25) is 0 Å². The van der Waals surface area contributed by atoms with E-state index in [4.69, 9.17) is 4.74 Å². The van der Waals surface area contributed by atoms with Crippen LogP contribution in [0.25, 0.3) is 0 Å². The molecule has 1 N–H and O–H groups in total. The summed E-state index contributed by atoms with van der Waals surface area (Å²) in [6, 6.07) is 3.46. The Morgan fingerprint density at radius 1 is 1.50 bits per heavy atom. The molecule has 0 unspecified atom stereocenters. The maximum Gasteiger partial charge on any atom is 0.158 e. The Hall–Kier alpha value is -1.16. The Morgan fingerprint density at radius 3 is 2.93 bits per heavy atom. The molecule has 1 aromatic heterocycles. The minimum absolute atomic E-state index is 0.115. The van der Waals surface area contributed by atoms with E-state index >= 15 is 0 Å². The van der Waals surface area contributed by atoms with Gasteiger partial charge in [0.15, 0.2) is 5.67 Å². The molecule has 0 aromatic carbocycles. The van der Waals surface area contributed by atoms with Crippen molar-refractivity contribution in [2.45, 2.75) is 12.1 Å². The predicted molar refractivity (Wildman–Crippen MR) is 51.1 cm³/mol. The average Bonchev–Trinajstić information content (AvgIpc) is 2.65. The van der Waals surface area contributed by atoms with Crippen molar-refractivity contribution in [1.29, 1.82) is 0 Å². The molecule has 3 nitrogen and oxygen atoms in total. The molecular formula is C10H13FN2O. The molecule has 1 aromatic rings. The lowest BCUT2D eigenvalue weighted by Crippen LogP contribution is -2.33. The zero-order valence-corrected chi connectivity index (χ0v) is 7.87. The SMILES string of the molecule is F[C@]1(COc2ccncc2)CCNC1. The summed E-state index contributed by atoms with van der Waals surface area (Å²) in [6.45, 7) is 1.23. The lowest BCUT2D eigenvalue weighted by Gasteiger charge is -2.18. The van der Waals surface area contributed by atoms with E-state index < -0.39 is 5.67 Å². The summed E-state index contributed by atoms with van der Waals surface area (Å²) in [4.78, 5) is 3.86. The molecule has 1 aliphatic rings. The molecule has 14 heavy (non-hydrogen) atoms. The van der Waals surface area contributed by atoms with E-state index in [1.165, 1.54) is 0 Å². The third-order valence-electron chi connectivity index (χ3n) is 2.34. The monoisotopic (exact) mass is 196 g/mol. The first-order chi connectivity index (χ1) is 6.79. The van der Waals surface area contributed by atoms with Gasteiger partial charge in [0.1, 0.15) is 12.4 Å². The average molecular weight is 196 g/mol. The molecule has 0 bridgehead atoms. The van der Waals surface area contributed by atoms with Crippen LogP contribution in [0.2, 0.25) is 0 Å². The molecule has 0 radical (unpaired) electrons. The number of nitrogens with one attached hydrogen (secondary N) is 1. The van der Waals surface area contributed by atoms with Crippen LogP contribution < -0.4 is 10.1 Å². The lowest BCUT2D eigenvalue weighted by atomic mass is 10.1. The summed E-state index contributed by atoms with van der Waals surface area (Å²) in [6.07, 6.45) is 3.79. The Labute approximate surface area is 82.3 Å². The smallest absolute Gasteiger partial charge is 0.158 e. The molecule has 76 valence electrons. The van der Waals surface area contributed by atoms with Gasteiger partial charge in [-0.05, 0) is 25.1 Å². The number of alkyl halides is 1. The van der Waals surface area contributed by atoms with E-state index in [-0.39, 0.29) is 6.61 Å². The van der Waals surface area contributed by atoms with E-state index in [0.717, 1.165) is 6.54 Å². The van der Waals surface area contributed by atoms with E-state index in [1.54, 1.807) is 24.5 Å². The van der Waals surface area contributed by atoms with Crippen LogP contribution in [-0.2, 0) is 0 Å². The van der Waals surface area contributed by atoms with Crippen molar-refractivity contribution in [1.82, 2.24) is 10.3 Å². The number of pyridine rings is 1. The van der Waals surface area contributed by atoms with Crippen LogP contribution in [0.15, 0.2) is 24.5 Å². The molecule has 1 atom stereocenters. The molecule has 0 aliphatic carbocycles. The largest absolute Gasteiger partial charge is 0.490 e. The van der Waals surface area contributed by atoms with Gasteiger partial charge < -0.3 is 10.1 Å². The van der Waals surface area contributed by atoms with Gasteiger partial charge in [-0.1, -0.05) is 0 Å². The summed E-state index contributed by atoms with van der Waals surface area (Å²) in [5, 5.41) is 2.98. The van der Waals surface area contributed by atoms with E-state index in [1.807, 2.05) is 0 Å².